The second-order valence-electron chi connectivity index (χ2n) is 2.95. The summed E-state index contributed by atoms with van der Waals surface area (Å²) >= 11 is 0. The van der Waals surface area contributed by atoms with E-state index in [-0.39, 0.29) is 0 Å². The SMILES string of the molecule is [CH2]CC(F)(F)CC(F)(F)[C@H](F)C(F)(F)F. The molecule has 0 saturated carbocycles. The normalized spacial score (nSPS) is 16.6. The smallest absolute Gasteiger partial charge is 0.231 e. The number of hydrogen-bond acceptors (Lipinski definition) is 0. The summed E-state index contributed by atoms with van der Waals surface area (Å²) in [5.74, 6) is -9.28. The summed E-state index contributed by atoms with van der Waals surface area (Å²) in [4.78, 5) is 0. The molecule has 0 aromatic carbocycles. The lowest BCUT2D eigenvalue weighted by molar-refractivity contribution is -0.257. The van der Waals surface area contributed by atoms with Crippen molar-refractivity contribution in [3.8, 4) is 0 Å². The maximum atomic E-state index is 12.4. The van der Waals surface area contributed by atoms with Gasteiger partial charge in [-0.1, -0.05) is 0 Å². The van der Waals surface area contributed by atoms with Crippen molar-refractivity contribution in [2.45, 2.75) is 37.0 Å². The Hall–Kier alpha value is -0.560. The second-order valence-corrected chi connectivity index (χ2v) is 2.95. The van der Waals surface area contributed by atoms with Gasteiger partial charge in [-0.2, -0.15) is 13.2 Å². The van der Waals surface area contributed by atoms with Crippen LogP contribution in [-0.4, -0.2) is 24.2 Å². The molecule has 0 amide bonds. The van der Waals surface area contributed by atoms with E-state index in [1.165, 1.54) is 0 Å². The molecule has 0 unspecified atom stereocenters. The lowest BCUT2D eigenvalue weighted by Gasteiger charge is -2.26. The molecule has 0 N–H and O–H groups in total. The van der Waals surface area contributed by atoms with E-state index in [0.29, 0.717) is 0 Å². The first kappa shape index (κ1) is 14.4. The van der Waals surface area contributed by atoms with Gasteiger partial charge in [-0.25, -0.2) is 22.0 Å². The molecule has 0 bridgehead atoms. The first-order chi connectivity index (χ1) is 6.42. The number of rotatable bonds is 4. The van der Waals surface area contributed by atoms with Crippen molar-refractivity contribution in [3.05, 3.63) is 6.92 Å². The van der Waals surface area contributed by atoms with Crippen LogP contribution in [0.2, 0.25) is 0 Å². The average molecular weight is 243 g/mol. The van der Waals surface area contributed by atoms with Gasteiger partial charge in [0.25, 0.3) is 18.0 Å². The van der Waals surface area contributed by atoms with Crippen molar-refractivity contribution in [1.29, 1.82) is 0 Å². The third-order valence-electron chi connectivity index (χ3n) is 1.52. The molecule has 0 aliphatic heterocycles. The molecule has 0 heterocycles. The standard InChI is InChI=1S/C7H7F8/c1-2-5(9,10)3-6(11,12)4(8)7(13,14)15/h4H,1-3H2/t4-/m0/s1. The van der Waals surface area contributed by atoms with Crippen LogP contribution in [0.1, 0.15) is 12.8 Å². The Morgan fingerprint density at radius 2 is 1.33 bits per heavy atom. The summed E-state index contributed by atoms with van der Waals surface area (Å²) in [5, 5.41) is 0. The molecule has 0 aliphatic carbocycles. The molecule has 0 aliphatic rings. The van der Waals surface area contributed by atoms with Gasteiger partial charge in [0.1, 0.15) is 0 Å². The molecule has 1 radical (unpaired) electrons. The van der Waals surface area contributed by atoms with Crippen molar-refractivity contribution in [2.24, 2.45) is 0 Å². The van der Waals surface area contributed by atoms with Crippen LogP contribution in [0.25, 0.3) is 0 Å². The molecule has 8 heteroatoms. The highest BCUT2D eigenvalue weighted by molar-refractivity contribution is 4.88. The minimum Gasteiger partial charge on any atom is -0.231 e. The van der Waals surface area contributed by atoms with Gasteiger partial charge < -0.3 is 0 Å². The molecule has 0 nitrogen and oxygen atoms in total. The van der Waals surface area contributed by atoms with Crippen LogP contribution in [-0.2, 0) is 0 Å². The monoisotopic (exact) mass is 243 g/mol. The maximum Gasteiger partial charge on any atom is 0.425 e. The third kappa shape index (κ3) is 4.21. The minimum absolute atomic E-state index is 1.33. The summed E-state index contributed by atoms with van der Waals surface area (Å²) in [6.07, 6.45) is -14.3. The summed E-state index contributed by atoms with van der Waals surface area (Å²) in [7, 11) is 0. The summed E-state index contributed by atoms with van der Waals surface area (Å²) in [5.41, 5.74) is 0. The van der Waals surface area contributed by atoms with Gasteiger partial charge in [-0.15, -0.1) is 0 Å². The molecule has 0 aromatic heterocycles. The van der Waals surface area contributed by atoms with E-state index in [0.717, 1.165) is 0 Å². The van der Waals surface area contributed by atoms with Gasteiger partial charge in [0, 0.05) is 6.42 Å². The molecule has 0 aromatic rings. The number of alkyl halides is 8. The molecule has 0 saturated heterocycles. The Morgan fingerprint density at radius 3 is 1.60 bits per heavy atom. The minimum atomic E-state index is -5.86. The fraction of sp³-hybridized carbons (Fsp3) is 0.857. The Kier molecular flexibility index (Phi) is 3.98. The van der Waals surface area contributed by atoms with Crippen molar-refractivity contribution < 1.29 is 35.1 Å². The fourth-order valence-corrected chi connectivity index (χ4v) is 0.762. The van der Waals surface area contributed by atoms with Crippen molar-refractivity contribution in [2.75, 3.05) is 0 Å². The Morgan fingerprint density at radius 1 is 0.933 bits per heavy atom. The second kappa shape index (κ2) is 4.13. The van der Waals surface area contributed by atoms with E-state index in [1.54, 1.807) is 0 Å². The molecule has 1 atom stereocenters. The molecular formula is C7H7F8. The first-order valence-electron chi connectivity index (χ1n) is 3.68. The van der Waals surface area contributed by atoms with Gasteiger partial charge >= 0.3 is 6.18 Å². The third-order valence-corrected chi connectivity index (χ3v) is 1.52. The van der Waals surface area contributed by atoms with Crippen LogP contribution < -0.4 is 0 Å². The Balaban J connectivity index is 4.69. The van der Waals surface area contributed by atoms with E-state index in [2.05, 4.69) is 6.92 Å². The van der Waals surface area contributed by atoms with E-state index in [4.69, 9.17) is 0 Å². The Bertz CT molecular complexity index is 206. The lowest BCUT2D eigenvalue weighted by atomic mass is 10.0. The van der Waals surface area contributed by atoms with E-state index in [9.17, 15) is 35.1 Å². The molecule has 15 heavy (non-hydrogen) atoms. The van der Waals surface area contributed by atoms with Gasteiger partial charge in [0.15, 0.2) is 0 Å². The van der Waals surface area contributed by atoms with Crippen LogP contribution in [0.15, 0.2) is 0 Å². The maximum absolute atomic E-state index is 12.4. The highest BCUT2D eigenvalue weighted by Crippen LogP contribution is 2.41. The highest BCUT2D eigenvalue weighted by Gasteiger charge is 2.59. The summed E-state index contributed by atoms with van der Waals surface area (Å²) in [6.45, 7) is 2.58. The summed E-state index contributed by atoms with van der Waals surface area (Å²) in [6, 6.07) is 0. The predicted octanol–water partition coefficient (Wildman–Crippen LogP) is 3.77. The van der Waals surface area contributed by atoms with Crippen LogP contribution >= 0.6 is 0 Å². The number of hydrogen-bond donors (Lipinski definition) is 0. The van der Waals surface area contributed by atoms with Gasteiger partial charge in [0.2, 0.25) is 0 Å². The van der Waals surface area contributed by atoms with Crippen LogP contribution in [0.3, 0.4) is 0 Å². The molecule has 0 rings (SSSR count). The van der Waals surface area contributed by atoms with Crippen molar-refractivity contribution >= 4 is 0 Å². The zero-order valence-electron chi connectivity index (χ0n) is 7.22. The molecule has 0 fully saturated rings. The molecular weight excluding hydrogens is 236 g/mol. The van der Waals surface area contributed by atoms with Gasteiger partial charge in [-0.3, -0.25) is 0 Å². The zero-order valence-corrected chi connectivity index (χ0v) is 7.22. The van der Waals surface area contributed by atoms with Crippen LogP contribution in [0, 0.1) is 6.92 Å². The summed E-state index contributed by atoms with van der Waals surface area (Å²) < 4.78 is 96.1. The molecule has 0 spiro atoms. The first-order valence-corrected chi connectivity index (χ1v) is 3.68. The van der Waals surface area contributed by atoms with Gasteiger partial charge in [0.05, 0.1) is 6.42 Å². The van der Waals surface area contributed by atoms with Gasteiger partial charge in [-0.05, 0) is 6.92 Å². The largest absolute Gasteiger partial charge is 0.425 e. The van der Waals surface area contributed by atoms with Crippen LogP contribution in [0.5, 0.6) is 0 Å². The van der Waals surface area contributed by atoms with E-state index < -0.39 is 37.0 Å². The number of halogens is 8. The zero-order chi connectivity index (χ0) is 12.5. The highest BCUT2D eigenvalue weighted by atomic mass is 19.4. The quantitative estimate of drug-likeness (QED) is 0.659. The Labute approximate surface area is 80.3 Å². The predicted molar refractivity (Wildman–Crippen MR) is 35.4 cm³/mol. The molecule has 91 valence electrons. The van der Waals surface area contributed by atoms with E-state index >= 15 is 0 Å². The average Bonchev–Trinajstić information content (AvgIpc) is 1.99. The topological polar surface area (TPSA) is 0 Å². The van der Waals surface area contributed by atoms with Crippen LogP contribution in [0.4, 0.5) is 35.1 Å². The van der Waals surface area contributed by atoms with Crippen molar-refractivity contribution in [1.82, 2.24) is 0 Å². The van der Waals surface area contributed by atoms with E-state index in [1.807, 2.05) is 0 Å². The fourth-order valence-electron chi connectivity index (χ4n) is 0.762. The van der Waals surface area contributed by atoms with Crippen molar-refractivity contribution in [3.63, 3.8) is 0 Å². The lowest BCUT2D eigenvalue weighted by Crippen LogP contribution is -2.45.